The van der Waals surface area contributed by atoms with Crippen LogP contribution in [0.2, 0.25) is 0 Å². The zero-order valence-electron chi connectivity index (χ0n) is 20.8. The maximum absolute atomic E-state index is 13.0. The number of hydrogen-bond donors (Lipinski definition) is 1. The predicted molar refractivity (Wildman–Crippen MR) is 137 cm³/mol. The maximum atomic E-state index is 13.0. The molecule has 1 aliphatic heterocycles. The van der Waals surface area contributed by atoms with E-state index in [4.69, 9.17) is 13.9 Å². The molecule has 1 aliphatic carbocycles. The van der Waals surface area contributed by atoms with E-state index in [-0.39, 0.29) is 11.8 Å². The lowest BCUT2D eigenvalue weighted by Crippen LogP contribution is -2.40. The standard InChI is InChI=1S/C29H32N2O5/c1-34-24-14-21(15-25(17-24)35-2)28(32)30-23-10-6-9-20(13-23)27-16-22-18-31(12-11-26(22)36-27)29(33)19-7-4-3-5-8-19/h6,9-10,13-17,19H,3-5,7-8,11-12,18H2,1-2H3,(H,30,32). The molecule has 1 N–H and O–H groups in total. The second-order valence-electron chi connectivity index (χ2n) is 9.54. The Bertz CT molecular complexity index is 1240. The van der Waals surface area contributed by atoms with Crippen LogP contribution in [-0.2, 0) is 17.8 Å². The van der Waals surface area contributed by atoms with Gasteiger partial charge in [0, 0.05) is 53.9 Å². The highest BCUT2D eigenvalue weighted by Crippen LogP contribution is 2.33. The number of nitrogens with zero attached hydrogens (tertiary/aromatic N) is 1. The van der Waals surface area contributed by atoms with Gasteiger partial charge in [0.25, 0.3) is 5.91 Å². The summed E-state index contributed by atoms with van der Waals surface area (Å²) in [6, 6.07) is 14.7. The highest BCUT2D eigenvalue weighted by Gasteiger charge is 2.30. The molecular weight excluding hydrogens is 456 g/mol. The van der Waals surface area contributed by atoms with E-state index in [0.29, 0.717) is 41.7 Å². The molecule has 1 aromatic heterocycles. The van der Waals surface area contributed by atoms with Crippen molar-refractivity contribution in [2.45, 2.75) is 45.1 Å². The third-order valence-electron chi connectivity index (χ3n) is 7.15. The van der Waals surface area contributed by atoms with Crippen molar-refractivity contribution in [3.05, 3.63) is 65.4 Å². The van der Waals surface area contributed by atoms with Crippen LogP contribution in [0.5, 0.6) is 11.5 Å². The van der Waals surface area contributed by atoms with Crippen LogP contribution in [0.1, 0.15) is 53.8 Å². The number of furan rings is 1. The number of carbonyl (C=O) groups is 2. The van der Waals surface area contributed by atoms with E-state index in [1.807, 2.05) is 35.2 Å². The molecule has 2 amide bonds. The van der Waals surface area contributed by atoms with Gasteiger partial charge >= 0.3 is 0 Å². The Morgan fingerprint density at radius 3 is 2.44 bits per heavy atom. The van der Waals surface area contributed by atoms with Crippen molar-refractivity contribution in [1.82, 2.24) is 4.90 Å². The van der Waals surface area contributed by atoms with Crippen molar-refractivity contribution >= 4 is 17.5 Å². The minimum atomic E-state index is -0.264. The molecule has 0 bridgehead atoms. The molecular formula is C29H32N2O5. The number of fused-ring (bicyclic) bond motifs is 1. The van der Waals surface area contributed by atoms with E-state index < -0.39 is 0 Å². The average molecular weight is 489 g/mol. The minimum Gasteiger partial charge on any atom is -0.497 e. The number of rotatable bonds is 6. The average Bonchev–Trinajstić information content (AvgIpc) is 3.36. The topological polar surface area (TPSA) is 81.0 Å². The van der Waals surface area contributed by atoms with Crippen LogP contribution in [-0.4, -0.2) is 37.5 Å². The molecule has 0 radical (unpaired) electrons. The Balaban J connectivity index is 1.30. The summed E-state index contributed by atoms with van der Waals surface area (Å²) in [7, 11) is 3.10. The van der Waals surface area contributed by atoms with Crippen LogP contribution in [0.3, 0.4) is 0 Å². The molecule has 0 saturated heterocycles. The third kappa shape index (κ3) is 5.10. The predicted octanol–water partition coefficient (Wildman–Crippen LogP) is 5.68. The minimum absolute atomic E-state index is 0.177. The summed E-state index contributed by atoms with van der Waals surface area (Å²) in [6.45, 7) is 1.30. The van der Waals surface area contributed by atoms with Gasteiger partial charge in [-0.3, -0.25) is 9.59 Å². The smallest absolute Gasteiger partial charge is 0.255 e. The lowest BCUT2D eigenvalue weighted by atomic mass is 9.88. The SMILES string of the molecule is COc1cc(OC)cc(C(=O)Nc2cccc(-c3cc4c(o3)CCN(C(=O)C3CCCCC3)C4)c2)c1. The highest BCUT2D eigenvalue weighted by molar-refractivity contribution is 6.05. The first kappa shape index (κ1) is 24.0. The fourth-order valence-electron chi connectivity index (χ4n) is 5.16. The zero-order valence-corrected chi connectivity index (χ0v) is 20.8. The van der Waals surface area contributed by atoms with Gasteiger partial charge in [0.1, 0.15) is 23.0 Å². The second-order valence-corrected chi connectivity index (χ2v) is 9.54. The van der Waals surface area contributed by atoms with E-state index in [0.717, 1.165) is 54.8 Å². The summed E-state index contributed by atoms with van der Waals surface area (Å²) in [5.41, 5.74) is 3.03. The van der Waals surface area contributed by atoms with Crippen LogP contribution in [0.25, 0.3) is 11.3 Å². The first-order chi connectivity index (χ1) is 17.5. The second kappa shape index (κ2) is 10.5. The normalized spacial score (nSPS) is 15.8. The molecule has 0 unspecified atom stereocenters. The van der Waals surface area contributed by atoms with Crippen LogP contribution in [0.15, 0.2) is 52.9 Å². The summed E-state index contributed by atoms with van der Waals surface area (Å²) in [4.78, 5) is 27.9. The van der Waals surface area contributed by atoms with Gasteiger partial charge in [0.2, 0.25) is 5.91 Å². The molecule has 7 nitrogen and oxygen atoms in total. The Kier molecular flexibility index (Phi) is 6.98. The Morgan fingerprint density at radius 2 is 1.72 bits per heavy atom. The summed E-state index contributed by atoms with van der Waals surface area (Å²) in [5, 5.41) is 2.95. The van der Waals surface area contributed by atoms with E-state index in [1.165, 1.54) is 6.42 Å². The van der Waals surface area contributed by atoms with Crippen molar-refractivity contribution in [2.24, 2.45) is 5.92 Å². The fraction of sp³-hybridized carbons (Fsp3) is 0.379. The number of anilines is 1. The van der Waals surface area contributed by atoms with Crippen LogP contribution >= 0.6 is 0 Å². The van der Waals surface area contributed by atoms with Gasteiger partial charge in [-0.2, -0.15) is 0 Å². The molecule has 5 rings (SSSR count). The molecule has 0 atom stereocenters. The number of hydrogen-bond acceptors (Lipinski definition) is 5. The Morgan fingerprint density at radius 1 is 0.972 bits per heavy atom. The molecule has 1 saturated carbocycles. The monoisotopic (exact) mass is 488 g/mol. The number of benzene rings is 2. The molecule has 2 aromatic carbocycles. The number of amides is 2. The van der Waals surface area contributed by atoms with Gasteiger partial charge in [-0.05, 0) is 43.2 Å². The largest absolute Gasteiger partial charge is 0.497 e. The number of ether oxygens (including phenoxy) is 2. The van der Waals surface area contributed by atoms with Crippen molar-refractivity contribution in [3.8, 4) is 22.8 Å². The van der Waals surface area contributed by atoms with Gasteiger partial charge in [-0.25, -0.2) is 0 Å². The summed E-state index contributed by atoms with van der Waals surface area (Å²) in [6.07, 6.45) is 6.31. The van der Waals surface area contributed by atoms with Crippen molar-refractivity contribution < 1.29 is 23.5 Å². The van der Waals surface area contributed by atoms with Crippen LogP contribution in [0.4, 0.5) is 5.69 Å². The lowest BCUT2D eigenvalue weighted by Gasteiger charge is -2.31. The molecule has 2 heterocycles. The first-order valence-electron chi connectivity index (χ1n) is 12.6. The first-order valence-corrected chi connectivity index (χ1v) is 12.6. The van der Waals surface area contributed by atoms with E-state index in [1.54, 1.807) is 32.4 Å². The molecule has 3 aromatic rings. The van der Waals surface area contributed by atoms with Crippen molar-refractivity contribution in [2.75, 3.05) is 26.1 Å². The van der Waals surface area contributed by atoms with Gasteiger partial charge in [0.15, 0.2) is 0 Å². The van der Waals surface area contributed by atoms with E-state index in [9.17, 15) is 9.59 Å². The number of nitrogens with one attached hydrogen (secondary N) is 1. The molecule has 1 fully saturated rings. The number of methoxy groups -OCH3 is 2. The Labute approximate surface area is 211 Å². The Hall–Kier alpha value is -3.74. The third-order valence-corrected chi connectivity index (χ3v) is 7.15. The van der Waals surface area contributed by atoms with E-state index in [2.05, 4.69) is 5.32 Å². The summed E-state index contributed by atoms with van der Waals surface area (Å²) < 4.78 is 16.7. The fourth-order valence-corrected chi connectivity index (χ4v) is 5.16. The van der Waals surface area contributed by atoms with E-state index >= 15 is 0 Å². The van der Waals surface area contributed by atoms with Crippen molar-refractivity contribution in [3.63, 3.8) is 0 Å². The molecule has 2 aliphatic rings. The summed E-state index contributed by atoms with van der Waals surface area (Å²) in [5.74, 6) is 2.98. The molecule has 0 spiro atoms. The maximum Gasteiger partial charge on any atom is 0.255 e. The van der Waals surface area contributed by atoms with Gasteiger partial charge in [-0.1, -0.05) is 31.4 Å². The molecule has 188 valence electrons. The van der Waals surface area contributed by atoms with Crippen molar-refractivity contribution in [1.29, 1.82) is 0 Å². The number of carbonyl (C=O) groups excluding carboxylic acids is 2. The van der Waals surface area contributed by atoms with Crippen LogP contribution < -0.4 is 14.8 Å². The quantitative estimate of drug-likeness (QED) is 0.483. The highest BCUT2D eigenvalue weighted by atomic mass is 16.5. The van der Waals surface area contributed by atoms with Gasteiger partial charge < -0.3 is 24.1 Å². The summed E-state index contributed by atoms with van der Waals surface area (Å²) >= 11 is 0. The van der Waals surface area contributed by atoms with Gasteiger partial charge in [0.05, 0.1) is 14.2 Å². The zero-order chi connectivity index (χ0) is 25.1. The molecule has 36 heavy (non-hydrogen) atoms. The molecule has 7 heteroatoms. The lowest BCUT2D eigenvalue weighted by molar-refractivity contribution is -0.137. The van der Waals surface area contributed by atoms with Crippen LogP contribution in [0, 0.1) is 5.92 Å². The van der Waals surface area contributed by atoms with Gasteiger partial charge in [-0.15, -0.1) is 0 Å².